The van der Waals surface area contributed by atoms with Crippen LogP contribution in [0.15, 0.2) is 6.33 Å². The van der Waals surface area contributed by atoms with E-state index in [1.807, 2.05) is 4.68 Å². The van der Waals surface area contributed by atoms with Crippen molar-refractivity contribution in [2.75, 3.05) is 20.6 Å². The van der Waals surface area contributed by atoms with Crippen LogP contribution >= 0.6 is 0 Å². The topological polar surface area (TPSA) is 46.0 Å². The number of aromatic nitrogens is 3. The van der Waals surface area contributed by atoms with E-state index in [1.165, 1.54) is 19.3 Å². The SMILES string of the molecule is CC(C)Cn1ncnc1CNCC1(N(C)C)CCC1. The standard InChI is InChI=1S/C14H27N5/c1-12(2)9-19-13(16-11-17-19)8-15-10-14(18(3)4)6-5-7-14/h11-12,15H,5-10H2,1-4H3. The maximum atomic E-state index is 4.35. The van der Waals surface area contributed by atoms with E-state index < -0.39 is 0 Å². The van der Waals surface area contributed by atoms with Crippen molar-refractivity contribution in [1.29, 1.82) is 0 Å². The summed E-state index contributed by atoms with van der Waals surface area (Å²) in [6, 6.07) is 0. The van der Waals surface area contributed by atoms with Gasteiger partial charge in [0.1, 0.15) is 12.2 Å². The predicted molar refractivity (Wildman–Crippen MR) is 76.8 cm³/mol. The van der Waals surface area contributed by atoms with Crippen molar-refractivity contribution in [1.82, 2.24) is 25.0 Å². The molecule has 0 unspecified atom stereocenters. The monoisotopic (exact) mass is 265 g/mol. The van der Waals surface area contributed by atoms with Crippen molar-refractivity contribution in [2.24, 2.45) is 5.92 Å². The zero-order valence-electron chi connectivity index (χ0n) is 12.7. The Hall–Kier alpha value is -0.940. The fraction of sp³-hybridized carbons (Fsp3) is 0.857. The van der Waals surface area contributed by atoms with Crippen LogP contribution in [0.4, 0.5) is 0 Å². The molecule has 19 heavy (non-hydrogen) atoms. The third kappa shape index (κ3) is 3.34. The summed E-state index contributed by atoms with van der Waals surface area (Å²) in [7, 11) is 4.37. The minimum atomic E-state index is 0.364. The number of hydrogen-bond acceptors (Lipinski definition) is 4. The van der Waals surface area contributed by atoms with Gasteiger partial charge in [0.15, 0.2) is 0 Å². The van der Waals surface area contributed by atoms with Gasteiger partial charge in [-0.15, -0.1) is 0 Å². The highest BCUT2D eigenvalue weighted by atomic mass is 15.3. The molecule has 0 aliphatic heterocycles. The van der Waals surface area contributed by atoms with Crippen molar-refractivity contribution in [2.45, 2.75) is 51.7 Å². The van der Waals surface area contributed by atoms with E-state index in [4.69, 9.17) is 0 Å². The van der Waals surface area contributed by atoms with E-state index in [1.54, 1.807) is 6.33 Å². The van der Waals surface area contributed by atoms with Crippen LogP contribution in [0, 0.1) is 5.92 Å². The Morgan fingerprint density at radius 3 is 2.68 bits per heavy atom. The molecule has 0 spiro atoms. The van der Waals surface area contributed by atoms with Gasteiger partial charge in [-0.25, -0.2) is 9.67 Å². The molecule has 1 aromatic rings. The minimum absolute atomic E-state index is 0.364. The van der Waals surface area contributed by atoms with Gasteiger partial charge in [0.05, 0.1) is 6.54 Å². The van der Waals surface area contributed by atoms with Crippen LogP contribution in [-0.4, -0.2) is 45.8 Å². The molecule has 0 atom stereocenters. The summed E-state index contributed by atoms with van der Waals surface area (Å²) in [5.41, 5.74) is 0.364. The largest absolute Gasteiger partial charge is 0.308 e. The fourth-order valence-corrected chi connectivity index (χ4v) is 2.70. The lowest BCUT2D eigenvalue weighted by atomic mass is 9.75. The van der Waals surface area contributed by atoms with Crippen LogP contribution in [0.1, 0.15) is 38.9 Å². The summed E-state index contributed by atoms with van der Waals surface area (Å²) in [5.74, 6) is 1.64. The Kier molecular flexibility index (Phi) is 4.58. The first kappa shape index (κ1) is 14.5. The normalized spacial score (nSPS) is 18.0. The third-order valence-corrected chi connectivity index (χ3v) is 4.20. The molecule has 5 heteroatoms. The summed E-state index contributed by atoms with van der Waals surface area (Å²) >= 11 is 0. The molecule has 0 amide bonds. The number of nitrogens with zero attached hydrogens (tertiary/aromatic N) is 4. The third-order valence-electron chi connectivity index (χ3n) is 4.20. The van der Waals surface area contributed by atoms with Crippen molar-refractivity contribution in [3.05, 3.63) is 12.2 Å². The lowest BCUT2D eigenvalue weighted by Gasteiger charge is -2.47. The molecule has 108 valence electrons. The molecule has 1 aliphatic carbocycles. The van der Waals surface area contributed by atoms with Crippen LogP contribution in [0.5, 0.6) is 0 Å². The Morgan fingerprint density at radius 2 is 2.16 bits per heavy atom. The second kappa shape index (κ2) is 6.01. The first-order chi connectivity index (χ1) is 9.03. The molecule has 2 rings (SSSR count). The summed E-state index contributed by atoms with van der Waals surface area (Å²) in [4.78, 5) is 6.72. The lowest BCUT2D eigenvalue weighted by Crippen LogP contribution is -2.56. The Labute approximate surface area is 116 Å². The average Bonchev–Trinajstić information content (AvgIpc) is 2.68. The minimum Gasteiger partial charge on any atom is -0.308 e. The second-order valence-corrected chi connectivity index (χ2v) is 6.33. The van der Waals surface area contributed by atoms with Crippen LogP contribution in [-0.2, 0) is 13.1 Å². The van der Waals surface area contributed by atoms with Gasteiger partial charge in [0.2, 0.25) is 0 Å². The van der Waals surface area contributed by atoms with Gasteiger partial charge in [-0.2, -0.15) is 5.10 Å². The van der Waals surface area contributed by atoms with Crippen LogP contribution in [0.3, 0.4) is 0 Å². The molecule has 1 saturated carbocycles. The predicted octanol–water partition coefficient (Wildman–Crippen LogP) is 1.51. The maximum absolute atomic E-state index is 4.35. The summed E-state index contributed by atoms with van der Waals surface area (Å²) in [6.07, 6.45) is 5.60. The molecule has 0 saturated heterocycles. The number of rotatable bonds is 7. The zero-order chi connectivity index (χ0) is 13.9. The van der Waals surface area contributed by atoms with Gasteiger partial charge in [-0.1, -0.05) is 13.8 Å². The molecule has 1 aromatic heterocycles. The second-order valence-electron chi connectivity index (χ2n) is 6.33. The van der Waals surface area contributed by atoms with E-state index in [0.717, 1.165) is 25.5 Å². The summed E-state index contributed by atoms with van der Waals surface area (Å²) < 4.78 is 2.01. The summed E-state index contributed by atoms with van der Waals surface area (Å²) in [5, 5.41) is 7.86. The number of likely N-dealkylation sites (N-methyl/N-ethyl adjacent to an activating group) is 1. The average molecular weight is 265 g/mol. The highest BCUT2D eigenvalue weighted by Crippen LogP contribution is 2.35. The highest BCUT2D eigenvalue weighted by molar-refractivity contribution is 4.98. The van der Waals surface area contributed by atoms with Crippen molar-refractivity contribution in [3.63, 3.8) is 0 Å². The Morgan fingerprint density at radius 1 is 1.42 bits per heavy atom. The molecule has 5 nitrogen and oxygen atoms in total. The van der Waals surface area contributed by atoms with Gasteiger partial charge < -0.3 is 10.2 Å². The van der Waals surface area contributed by atoms with E-state index in [2.05, 4.69) is 48.2 Å². The molecule has 0 bridgehead atoms. The molecule has 1 heterocycles. The quantitative estimate of drug-likeness (QED) is 0.812. The molecule has 0 radical (unpaired) electrons. The Bertz CT molecular complexity index is 392. The van der Waals surface area contributed by atoms with Gasteiger partial charge >= 0.3 is 0 Å². The highest BCUT2D eigenvalue weighted by Gasteiger charge is 2.38. The van der Waals surface area contributed by atoms with E-state index in [9.17, 15) is 0 Å². The van der Waals surface area contributed by atoms with E-state index in [0.29, 0.717) is 11.5 Å². The fourth-order valence-electron chi connectivity index (χ4n) is 2.70. The van der Waals surface area contributed by atoms with Crippen LogP contribution in [0.2, 0.25) is 0 Å². The van der Waals surface area contributed by atoms with Crippen LogP contribution < -0.4 is 5.32 Å². The number of hydrogen-bond donors (Lipinski definition) is 1. The van der Waals surface area contributed by atoms with Gasteiger partial charge in [0, 0.05) is 18.6 Å². The van der Waals surface area contributed by atoms with E-state index in [-0.39, 0.29) is 0 Å². The zero-order valence-corrected chi connectivity index (χ0v) is 12.7. The van der Waals surface area contributed by atoms with Gasteiger partial charge in [-0.3, -0.25) is 0 Å². The molecular formula is C14H27N5. The number of nitrogens with one attached hydrogen (secondary N) is 1. The first-order valence-corrected chi connectivity index (χ1v) is 7.28. The van der Waals surface area contributed by atoms with Crippen molar-refractivity contribution >= 4 is 0 Å². The molecule has 1 fully saturated rings. The maximum Gasteiger partial charge on any atom is 0.140 e. The molecule has 1 N–H and O–H groups in total. The van der Waals surface area contributed by atoms with Gasteiger partial charge in [-0.05, 0) is 39.3 Å². The first-order valence-electron chi connectivity index (χ1n) is 7.28. The van der Waals surface area contributed by atoms with Crippen molar-refractivity contribution in [3.8, 4) is 0 Å². The molecular weight excluding hydrogens is 238 g/mol. The summed E-state index contributed by atoms with van der Waals surface area (Å²) in [6.45, 7) is 7.19. The molecule has 0 aromatic carbocycles. The van der Waals surface area contributed by atoms with Crippen molar-refractivity contribution < 1.29 is 0 Å². The molecule has 1 aliphatic rings. The Balaban J connectivity index is 1.84. The lowest BCUT2D eigenvalue weighted by molar-refractivity contribution is 0.0595. The van der Waals surface area contributed by atoms with Gasteiger partial charge in [0.25, 0.3) is 0 Å². The van der Waals surface area contributed by atoms with E-state index >= 15 is 0 Å². The smallest absolute Gasteiger partial charge is 0.140 e. The van der Waals surface area contributed by atoms with Crippen LogP contribution in [0.25, 0.3) is 0 Å².